The van der Waals surface area contributed by atoms with Crippen LogP contribution in [-0.4, -0.2) is 10.8 Å². The molecular weight excluding hydrogens is 376 g/mol. The van der Waals surface area contributed by atoms with E-state index in [0.29, 0.717) is 11.1 Å². The van der Waals surface area contributed by atoms with Crippen molar-refractivity contribution in [2.45, 2.75) is 26.3 Å². The smallest absolute Gasteiger partial charge is 0.270 e. The molecule has 0 bridgehead atoms. The van der Waals surface area contributed by atoms with Gasteiger partial charge < -0.3 is 5.32 Å². The van der Waals surface area contributed by atoms with Crippen LogP contribution in [0.15, 0.2) is 78.9 Å². The van der Waals surface area contributed by atoms with Crippen LogP contribution in [0.2, 0.25) is 0 Å². The number of carbonyl (C=O) groups is 1. The number of non-ortho nitro benzene ring substituents is 1. The van der Waals surface area contributed by atoms with Gasteiger partial charge in [-0.3, -0.25) is 14.9 Å². The van der Waals surface area contributed by atoms with Crippen molar-refractivity contribution >= 4 is 23.2 Å². The van der Waals surface area contributed by atoms with Gasteiger partial charge in [-0.25, -0.2) is 0 Å². The minimum absolute atomic E-state index is 0.0130. The number of rotatable bonds is 7. The number of amides is 1. The van der Waals surface area contributed by atoms with Crippen molar-refractivity contribution in [2.75, 3.05) is 0 Å². The largest absolute Gasteiger partial charge is 0.345 e. The Labute approximate surface area is 176 Å². The number of nitro groups is 1. The molecule has 0 aliphatic heterocycles. The molecule has 3 aromatic carbocycles. The lowest BCUT2D eigenvalue weighted by Gasteiger charge is -2.17. The molecule has 0 aliphatic rings. The molecule has 0 aliphatic carbocycles. The van der Waals surface area contributed by atoms with Gasteiger partial charge in [0.2, 0.25) is 0 Å². The summed E-state index contributed by atoms with van der Waals surface area (Å²) in [6.07, 6.45) is 2.65. The maximum absolute atomic E-state index is 13.2. The Bertz CT molecular complexity index is 1060. The number of aryl methyl sites for hydroxylation is 1. The second-order valence-corrected chi connectivity index (χ2v) is 7.07. The zero-order valence-electron chi connectivity index (χ0n) is 17.0. The summed E-state index contributed by atoms with van der Waals surface area (Å²) in [5.41, 5.74) is 4.04. The van der Waals surface area contributed by atoms with Crippen molar-refractivity contribution in [3.63, 3.8) is 0 Å². The highest BCUT2D eigenvalue weighted by Gasteiger charge is 2.16. The van der Waals surface area contributed by atoms with Crippen molar-refractivity contribution in [2.24, 2.45) is 0 Å². The first-order valence-corrected chi connectivity index (χ1v) is 9.89. The highest BCUT2D eigenvalue weighted by atomic mass is 16.6. The molecule has 152 valence electrons. The minimum Gasteiger partial charge on any atom is -0.345 e. The number of nitrogens with zero attached hydrogens (tertiary/aromatic N) is 1. The molecule has 1 amide bonds. The van der Waals surface area contributed by atoms with Gasteiger partial charge in [0.25, 0.3) is 11.6 Å². The Hall–Kier alpha value is -3.73. The summed E-state index contributed by atoms with van der Waals surface area (Å²) in [6.45, 7) is 4.04. The topological polar surface area (TPSA) is 72.2 Å². The fourth-order valence-electron chi connectivity index (χ4n) is 3.19. The van der Waals surface area contributed by atoms with Crippen molar-refractivity contribution < 1.29 is 9.72 Å². The van der Waals surface area contributed by atoms with Crippen LogP contribution in [0.25, 0.3) is 11.6 Å². The lowest BCUT2D eigenvalue weighted by Crippen LogP contribution is -2.27. The first kappa shape index (κ1) is 21.0. The maximum Gasteiger partial charge on any atom is 0.270 e. The lowest BCUT2D eigenvalue weighted by atomic mass is 10.00. The van der Waals surface area contributed by atoms with Crippen molar-refractivity contribution in [3.05, 3.63) is 111 Å². The lowest BCUT2D eigenvalue weighted by molar-refractivity contribution is -0.384. The van der Waals surface area contributed by atoms with Crippen LogP contribution < -0.4 is 5.32 Å². The summed E-state index contributed by atoms with van der Waals surface area (Å²) in [5, 5.41) is 14.1. The van der Waals surface area contributed by atoms with E-state index in [4.69, 9.17) is 0 Å². The molecule has 5 heteroatoms. The van der Waals surface area contributed by atoms with Crippen LogP contribution in [0.4, 0.5) is 5.69 Å². The second kappa shape index (κ2) is 9.65. The normalized spacial score (nSPS) is 12.3. The van der Waals surface area contributed by atoms with Gasteiger partial charge >= 0.3 is 0 Å². The zero-order chi connectivity index (χ0) is 21.5. The summed E-state index contributed by atoms with van der Waals surface area (Å²) in [4.78, 5) is 23.8. The van der Waals surface area contributed by atoms with Gasteiger partial charge in [-0.05, 0) is 41.7 Å². The SMILES string of the molecule is CCc1ccc([C@@H](C)NC(=O)/C(=C/c2cccc([N+](=O)[O-])c2)c2ccccc2)cc1. The Morgan fingerprint density at radius 3 is 2.37 bits per heavy atom. The van der Waals surface area contributed by atoms with E-state index in [9.17, 15) is 14.9 Å². The standard InChI is InChI=1S/C25H24N2O3/c1-3-19-12-14-21(15-13-19)18(2)26-25(28)24(22-9-5-4-6-10-22)17-20-8-7-11-23(16-20)27(29)30/h4-18H,3H2,1-2H3,(H,26,28)/b24-17+/t18-/m1/s1. The van der Waals surface area contributed by atoms with Gasteiger partial charge in [-0.1, -0.05) is 73.7 Å². The highest BCUT2D eigenvalue weighted by molar-refractivity contribution is 6.24. The fourth-order valence-corrected chi connectivity index (χ4v) is 3.19. The third-order valence-electron chi connectivity index (χ3n) is 4.96. The average Bonchev–Trinajstić information content (AvgIpc) is 2.78. The van der Waals surface area contributed by atoms with E-state index in [0.717, 1.165) is 17.5 Å². The van der Waals surface area contributed by atoms with Crippen LogP contribution in [0.1, 0.15) is 42.1 Å². The molecule has 0 spiro atoms. The molecule has 3 rings (SSSR count). The average molecular weight is 400 g/mol. The Morgan fingerprint density at radius 2 is 1.73 bits per heavy atom. The Balaban J connectivity index is 1.91. The van der Waals surface area contributed by atoms with Crippen LogP contribution in [0.5, 0.6) is 0 Å². The zero-order valence-corrected chi connectivity index (χ0v) is 17.0. The first-order chi connectivity index (χ1) is 14.5. The minimum atomic E-state index is -0.443. The molecule has 5 nitrogen and oxygen atoms in total. The molecule has 0 aromatic heterocycles. The van der Waals surface area contributed by atoms with Crippen LogP contribution >= 0.6 is 0 Å². The Morgan fingerprint density at radius 1 is 1.03 bits per heavy atom. The molecule has 0 unspecified atom stereocenters. The number of nitrogens with one attached hydrogen (secondary N) is 1. The van der Waals surface area contributed by atoms with E-state index in [1.54, 1.807) is 18.2 Å². The third kappa shape index (κ3) is 5.20. The van der Waals surface area contributed by atoms with Gasteiger partial charge in [-0.2, -0.15) is 0 Å². The molecule has 30 heavy (non-hydrogen) atoms. The summed E-state index contributed by atoms with van der Waals surface area (Å²) in [5.74, 6) is -0.236. The predicted molar refractivity (Wildman–Crippen MR) is 120 cm³/mol. The monoisotopic (exact) mass is 400 g/mol. The first-order valence-electron chi connectivity index (χ1n) is 9.89. The summed E-state index contributed by atoms with van der Waals surface area (Å²) < 4.78 is 0. The van der Waals surface area contributed by atoms with E-state index in [-0.39, 0.29) is 17.6 Å². The van der Waals surface area contributed by atoms with E-state index < -0.39 is 4.92 Å². The van der Waals surface area contributed by atoms with Gasteiger partial charge in [0.1, 0.15) is 0 Å². The van der Waals surface area contributed by atoms with Gasteiger partial charge in [0.15, 0.2) is 0 Å². The highest BCUT2D eigenvalue weighted by Crippen LogP contribution is 2.23. The fraction of sp³-hybridized carbons (Fsp3) is 0.160. The summed E-state index contributed by atoms with van der Waals surface area (Å²) in [6, 6.07) is 23.5. The number of benzene rings is 3. The Kier molecular flexibility index (Phi) is 6.75. The van der Waals surface area contributed by atoms with E-state index in [1.165, 1.54) is 17.7 Å². The van der Waals surface area contributed by atoms with E-state index in [2.05, 4.69) is 24.4 Å². The van der Waals surface area contributed by atoms with Crippen LogP contribution in [0, 0.1) is 10.1 Å². The van der Waals surface area contributed by atoms with Crippen LogP contribution in [0.3, 0.4) is 0 Å². The number of hydrogen-bond donors (Lipinski definition) is 1. The molecule has 0 heterocycles. The van der Waals surface area contributed by atoms with Gasteiger partial charge in [0, 0.05) is 17.7 Å². The van der Waals surface area contributed by atoms with E-state index in [1.807, 2.05) is 49.4 Å². The second-order valence-electron chi connectivity index (χ2n) is 7.07. The van der Waals surface area contributed by atoms with Crippen molar-refractivity contribution in [3.8, 4) is 0 Å². The van der Waals surface area contributed by atoms with E-state index >= 15 is 0 Å². The quantitative estimate of drug-likeness (QED) is 0.244. The van der Waals surface area contributed by atoms with Crippen LogP contribution in [-0.2, 0) is 11.2 Å². The number of nitro benzene ring substituents is 1. The molecule has 0 saturated carbocycles. The maximum atomic E-state index is 13.2. The molecular formula is C25H24N2O3. The number of carbonyl (C=O) groups excluding carboxylic acids is 1. The molecule has 1 N–H and O–H groups in total. The molecule has 0 radical (unpaired) electrons. The van der Waals surface area contributed by atoms with Gasteiger partial charge in [0.05, 0.1) is 11.0 Å². The number of hydrogen-bond acceptors (Lipinski definition) is 3. The van der Waals surface area contributed by atoms with Gasteiger partial charge in [-0.15, -0.1) is 0 Å². The summed E-state index contributed by atoms with van der Waals surface area (Å²) in [7, 11) is 0. The van der Waals surface area contributed by atoms with Crippen molar-refractivity contribution in [1.29, 1.82) is 0 Å². The molecule has 1 atom stereocenters. The third-order valence-corrected chi connectivity index (χ3v) is 4.96. The molecule has 3 aromatic rings. The van der Waals surface area contributed by atoms with Crippen molar-refractivity contribution in [1.82, 2.24) is 5.32 Å². The summed E-state index contributed by atoms with van der Waals surface area (Å²) >= 11 is 0. The molecule has 0 saturated heterocycles. The predicted octanol–water partition coefficient (Wildman–Crippen LogP) is 5.58. The molecule has 0 fully saturated rings.